The molecule has 0 bridgehead atoms. The molecule has 23 heavy (non-hydrogen) atoms. The van der Waals surface area contributed by atoms with Crippen LogP contribution in [-0.2, 0) is 6.42 Å². The molecule has 1 N–H and O–H groups in total. The molecular formula is C19H21NO3. The van der Waals surface area contributed by atoms with Gasteiger partial charge in [0.2, 0.25) is 0 Å². The van der Waals surface area contributed by atoms with Crippen molar-refractivity contribution in [2.24, 2.45) is 0 Å². The normalized spacial score (nSPS) is 11.8. The highest BCUT2D eigenvalue weighted by molar-refractivity contribution is 5.97. The Kier molecular flexibility index (Phi) is 5.16. The second-order valence-electron chi connectivity index (χ2n) is 5.84. The van der Waals surface area contributed by atoms with Gasteiger partial charge in [-0.3, -0.25) is 4.79 Å². The summed E-state index contributed by atoms with van der Waals surface area (Å²) in [6, 6.07) is 14.4. The molecular weight excluding hydrogens is 290 g/mol. The summed E-state index contributed by atoms with van der Waals surface area (Å²) in [6.45, 7) is 4.02. The Morgan fingerprint density at radius 2 is 1.70 bits per heavy atom. The van der Waals surface area contributed by atoms with Gasteiger partial charge in [-0.15, -0.1) is 0 Å². The SMILES string of the molecule is Cc1ccc(CC(C)N(C)C(=O)c2cccc(C(=O)O)c2)cc1. The first-order chi connectivity index (χ1) is 10.9. The third-order valence-electron chi connectivity index (χ3n) is 3.99. The number of nitrogens with zero attached hydrogens (tertiary/aromatic N) is 1. The molecule has 1 unspecified atom stereocenters. The summed E-state index contributed by atoms with van der Waals surface area (Å²) >= 11 is 0. The molecule has 4 heteroatoms. The Morgan fingerprint density at radius 3 is 2.30 bits per heavy atom. The number of benzene rings is 2. The van der Waals surface area contributed by atoms with Gasteiger partial charge in [-0.2, -0.15) is 0 Å². The average Bonchev–Trinajstić information content (AvgIpc) is 2.55. The van der Waals surface area contributed by atoms with Gasteiger partial charge < -0.3 is 10.0 Å². The number of aromatic carboxylic acids is 1. The van der Waals surface area contributed by atoms with Crippen molar-refractivity contribution in [2.45, 2.75) is 26.3 Å². The molecule has 1 amide bonds. The Morgan fingerprint density at radius 1 is 1.09 bits per heavy atom. The van der Waals surface area contributed by atoms with Gasteiger partial charge in [-0.25, -0.2) is 4.79 Å². The third-order valence-corrected chi connectivity index (χ3v) is 3.99. The predicted octanol–water partition coefficient (Wildman–Crippen LogP) is 3.40. The monoisotopic (exact) mass is 311 g/mol. The zero-order valence-electron chi connectivity index (χ0n) is 13.6. The molecule has 0 radical (unpaired) electrons. The number of carboxylic acid groups (broad SMARTS) is 1. The Labute approximate surface area is 136 Å². The van der Waals surface area contributed by atoms with Crippen LogP contribution in [0.5, 0.6) is 0 Å². The first kappa shape index (κ1) is 16.7. The lowest BCUT2D eigenvalue weighted by Gasteiger charge is -2.25. The number of carbonyl (C=O) groups excluding carboxylic acids is 1. The van der Waals surface area contributed by atoms with Crippen LogP contribution < -0.4 is 0 Å². The Bertz CT molecular complexity index is 707. The van der Waals surface area contributed by atoms with E-state index in [-0.39, 0.29) is 17.5 Å². The zero-order chi connectivity index (χ0) is 17.0. The smallest absolute Gasteiger partial charge is 0.335 e. The topological polar surface area (TPSA) is 57.6 Å². The molecule has 2 aromatic rings. The van der Waals surface area contributed by atoms with E-state index in [0.29, 0.717) is 5.56 Å². The second kappa shape index (κ2) is 7.09. The van der Waals surface area contributed by atoms with Gasteiger partial charge in [-0.1, -0.05) is 35.9 Å². The van der Waals surface area contributed by atoms with E-state index < -0.39 is 5.97 Å². The van der Waals surface area contributed by atoms with Crippen molar-refractivity contribution in [2.75, 3.05) is 7.05 Å². The van der Waals surface area contributed by atoms with Crippen molar-refractivity contribution >= 4 is 11.9 Å². The molecule has 4 nitrogen and oxygen atoms in total. The molecule has 120 valence electrons. The van der Waals surface area contributed by atoms with E-state index in [2.05, 4.69) is 24.3 Å². The standard InChI is InChI=1S/C19H21NO3/c1-13-7-9-15(10-8-13)11-14(2)20(3)18(21)16-5-4-6-17(12-16)19(22)23/h4-10,12,14H,11H2,1-3H3,(H,22,23). The fourth-order valence-electron chi connectivity index (χ4n) is 2.39. The van der Waals surface area contributed by atoms with Crippen molar-refractivity contribution in [3.05, 3.63) is 70.8 Å². The Hall–Kier alpha value is -2.62. The van der Waals surface area contributed by atoms with E-state index >= 15 is 0 Å². The van der Waals surface area contributed by atoms with Crippen LogP contribution >= 0.6 is 0 Å². The summed E-state index contributed by atoms with van der Waals surface area (Å²) in [5, 5.41) is 9.03. The number of amides is 1. The average molecular weight is 311 g/mol. The number of aryl methyl sites for hydroxylation is 1. The van der Waals surface area contributed by atoms with Crippen molar-refractivity contribution in [1.82, 2.24) is 4.90 Å². The minimum absolute atomic E-state index is 0.0127. The van der Waals surface area contributed by atoms with Crippen LogP contribution in [-0.4, -0.2) is 35.0 Å². The first-order valence-electron chi connectivity index (χ1n) is 7.54. The predicted molar refractivity (Wildman–Crippen MR) is 89.8 cm³/mol. The lowest BCUT2D eigenvalue weighted by Crippen LogP contribution is -2.36. The number of likely N-dealkylation sites (N-methyl/N-ethyl adjacent to an activating group) is 1. The summed E-state index contributed by atoms with van der Waals surface area (Å²) in [5.74, 6) is -1.21. The summed E-state index contributed by atoms with van der Waals surface area (Å²) in [5.41, 5.74) is 2.89. The van der Waals surface area contributed by atoms with Gasteiger partial charge in [0.25, 0.3) is 5.91 Å². The molecule has 2 aromatic carbocycles. The third kappa shape index (κ3) is 4.19. The maximum absolute atomic E-state index is 12.5. The van der Waals surface area contributed by atoms with E-state index in [1.807, 2.05) is 13.8 Å². The summed E-state index contributed by atoms with van der Waals surface area (Å²) in [7, 11) is 1.74. The van der Waals surface area contributed by atoms with E-state index in [9.17, 15) is 9.59 Å². The van der Waals surface area contributed by atoms with Crippen molar-refractivity contribution in [3.8, 4) is 0 Å². The molecule has 2 rings (SSSR count). The van der Waals surface area contributed by atoms with Crippen LogP contribution in [0.3, 0.4) is 0 Å². The van der Waals surface area contributed by atoms with Crippen LogP contribution in [0.15, 0.2) is 48.5 Å². The number of carboxylic acids is 1. The van der Waals surface area contributed by atoms with E-state index in [0.717, 1.165) is 6.42 Å². The van der Waals surface area contributed by atoms with Gasteiger partial charge in [0.15, 0.2) is 0 Å². The molecule has 0 spiro atoms. The molecule has 0 aliphatic heterocycles. The highest BCUT2D eigenvalue weighted by Crippen LogP contribution is 2.13. The lowest BCUT2D eigenvalue weighted by molar-refractivity contribution is 0.0697. The number of hydrogen-bond acceptors (Lipinski definition) is 2. The molecule has 0 aliphatic rings. The molecule has 0 saturated carbocycles. The highest BCUT2D eigenvalue weighted by Gasteiger charge is 2.18. The number of rotatable bonds is 5. The second-order valence-corrected chi connectivity index (χ2v) is 5.84. The number of hydrogen-bond donors (Lipinski definition) is 1. The molecule has 0 heterocycles. The minimum atomic E-state index is -1.03. The van der Waals surface area contributed by atoms with Crippen LogP contribution in [0.4, 0.5) is 0 Å². The van der Waals surface area contributed by atoms with Gasteiger partial charge in [0.1, 0.15) is 0 Å². The van der Waals surface area contributed by atoms with Gasteiger partial charge in [-0.05, 0) is 44.0 Å². The van der Waals surface area contributed by atoms with Gasteiger partial charge in [0.05, 0.1) is 5.56 Å². The zero-order valence-corrected chi connectivity index (χ0v) is 13.6. The lowest BCUT2D eigenvalue weighted by atomic mass is 10.0. The Balaban J connectivity index is 2.10. The fourth-order valence-corrected chi connectivity index (χ4v) is 2.39. The van der Waals surface area contributed by atoms with Crippen LogP contribution in [0.2, 0.25) is 0 Å². The summed E-state index contributed by atoms with van der Waals surface area (Å²) in [4.78, 5) is 25.2. The van der Waals surface area contributed by atoms with Gasteiger partial charge in [0, 0.05) is 18.7 Å². The summed E-state index contributed by atoms with van der Waals surface area (Å²) in [6.07, 6.45) is 0.751. The molecule has 1 atom stereocenters. The number of carbonyl (C=O) groups is 2. The molecule has 0 saturated heterocycles. The quantitative estimate of drug-likeness (QED) is 0.920. The minimum Gasteiger partial charge on any atom is -0.478 e. The van der Waals surface area contributed by atoms with Crippen LogP contribution in [0.25, 0.3) is 0 Å². The molecule has 0 aromatic heterocycles. The first-order valence-corrected chi connectivity index (χ1v) is 7.54. The van der Waals surface area contributed by atoms with Crippen molar-refractivity contribution in [3.63, 3.8) is 0 Å². The van der Waals surface area contributed by atoms with Crippen molar-refractivity contribution < 1.29 is 14.7 Å². The summed E-state index contributed by atoms with van der Waals surface area (Å²) < 4.78 is 0. The van der Waals surface area contributed by atoms with E-state index in [1.165, 1.54) is 23.3 Å². The van der Waals surface area contributed by atoms with E-state index in [4.69, 9.17) is 5.11 Å². The van der Waals surface area contributed by atoms with Gasteiger partial charge >= 0.3 is 5.97 Å². The van der Waals surface area contributed by atoms with E-state index in [1.54, 1.807) is 24.1 Å². The largest absolute Gasteiger partial charge is 0.478 e. The molecule has 0 fully saturated rings. The fraction of sp³-hybridized carbons (Fsp3) is 0.263. The van der Waals surface area contributed by atoms with Crippen LogP contribution in [0, 0.1) is 6.92 Å². The maximum atomic E-state index is 12.5. The maximum Gasteiger partial charge on any atom is 0.335 e. The van der Waals surface area contributed by atoms with Crippen molar-refractivity contribution in [1.29, 1.82) is 0 Å². The molecule has 0 aliphatic carbocycles. The van der Waals surface area contributed by atoms with Crippen LogP contribution in [0.1, 0.15) is 38.8 Å². The highest BCUT2D eigenvalue weighted by atomic mass is 16.4.